The summed E-state index contributed by atoms with van der Waals surface area (Å²) in [5.41, 5.74) is 0.383. The quantitative estimate of drug-likeness (QED) is 0.546. The van der Waals surface area contributed by atoms with Crippen molar-refractivity contribution in [3.8, 4) is 11.5 Å². The zero-order chi connectivity index (χ0) is 18.6. The first-order valence-electron chi connectivity index (χ1n) is 7.23. The van der Waals surface area contributed by atoms with E-state index in [-0.39, 0.29) is 27.1 Å². The maximum atomic E-state index is 12.6. The standard InChI is InChI=1S/C16H17NO5S3/c1-22-11-5-3-4-9(13(11)18)8-12-14(19)17(16(23)25-12)10(15(20)21)6-7-24-2/h3-5,8,10,18H,6-7H2,1-2H3,(H,20,21)/p-1/b12-8+/t10-/m0/s1. The molecule has 1 saturated heterocycles. The summed E-state index contributed by atoms with van der Waals surface area (Å²) in [6, 6.07) is 3.78. The largest absolute Gasteiger partial charge is 0.548 e. The van der Waals surface area contributed by atoms with Gasteiger partial charge in [-0.05, 0) is 30.6 Å². The predicted molar refractivity (Wildman–Crippen MR) is 101 cm³/mol. The first-order chi connectivity index (χ1) is 11.9. The molecule has 0 saturated carbocycles. The van der Waals surface area contributed by atoms with Gasteiger partial charge in [0.1, 0.15) is 4.32 Å². The van der Waals surface area contributed by atoms with Gasteiger partial charge >= 0.3 is 0 Å². The van der Waals surface area contributed by atoms with Crippen molar-refractivity contribution < 1.29 is 24.5 Å². The van der Waals surface area contributed by atoms with Crippen LogP contribution in [0.2, 0.25) is 0 Å². The molecule has 0 aliphatic carbocycles. The summed E-state index contributed by atoms with van der Waals surface area (Å²) in [5, 5.41) is 21.6. The molecular formula is C16H16NO5S3-. The number of ether oxygens (including phenoxy) is 1. The van der Waals surface area contributed by atoms with Crippen molar-refractivity contribution in [3.63, 3.8) is 0 Å². The first-order valence-corrected chi connectivity index (χ1v) is 9.85. The fourth-order valence-electron chi connectivity index (χ4n) is 2.29. The number of thiocarbonyl (C=S) groups is 1. The van der Waals surface area contributed by atoms with Crippen molar-refractivity contribution in [1.29, 1.82) is 0 Å². The first kappa shape index (κ1) is 19.6. The number of rotatable bonds is 7. The molecule has 1 atom stereocenters. The van der Waals surface area contributed by atoms with Gasteiger partial charge in [0.2, 0.25) is 0 Å². The Morgan fingerprint density at radius 3 is 2.88 bits per heavy atom. The molecule has 0 radical (unpaired) electrons. The average molecular weight is 399 g/mol. The normalized spacial score (nSPS) is 17.2. The van der Waals surface area contributed by atoms with Crippen molar-refractivity contribution >= 4 is 58.0 Å². The number of benzene rings is 1. The SMILES string of the molecule is COc1cccc(/C=C2/SC(=S)N([C@@H](CCSC)C(=O)[O-])C2=O)c1O. The number of aliphatic carboxylic acids is 1. The molecule has 1 aromatic rings. The van der Waals surface area contributed by atoms with Crippen LogP contribution in [0.1, 0.15) is 12.0 Å². The summed E-state index contributed by atoms with van der Waals surface area (Å²) in [7, 11) is 1.43. The van der Waals surface area contributed by atoms with E-state index in [9.17, 15) is 19.8 Å². The number of hydrogen-bond acceptors (Lipinski definition) is 8. The number of aromatic hydroxyl groups is 1. The van der Waals surface area contributed by atoms with E-state index in [1.165, 1.54) is 24.9 Å². The van der Waals surface area contributed by atoms with Gasteiger partial charge in [-0.2, -0.15) is 11.8 Å². The zero-order valence-electron chi connectivity index (χ0n) is 13.6. The number of methoxy groups -OCH3 is 1. The van der Waals surface area contributed by atoms with Gasteiger partial charge < -0.3 is 19.7 Å². The Morgan fingerprint density at radius 2 is 2.28 bits per heavy atom. The third-order valence-electron chi connectivity index (χ3n) is 3.54. The molecule has 0 spiro atoms. The van der Waals surface area contributed by atoms with Gasteiger partial charge in [-0.15, -0.1) is 0 Å². The van der Waals surface area contributed by atoms with Crippen LogP contribution >= 0.6 is 35.7 Å². The highest BCUT2D eigenvalue weighted by molar-refractivity contribution is 8.26. The van der Waals surface area contributed by atoms with Gasteiger partial charge in [0.05, 0.1) is 24.0 Å². The second-order valence-electron chi connectivity index (χ2n) is 5.07. The number of carboxylic acid groups (broad SMARTS) is 1. The average Bonchev–Trinajstić information content (AvgIpc) is 2.84. The van der Waals surface area contributed by atoms with E-state index in [2.05, 4.69) is 0 Å². The fourth-order valence-corrected chi connectivity index (χ4v) is 4.10. The number of para-hydroxylation sites is 1. The molecule has 134 valence electrons. The van der Waals surface area contributed by atoms with Gasteiger partial charge in [-0.3, -0.25) is 9.69 Å². The molecule has 1 amide bonds. The van der Waals surface area contributed by atoms with Crippen molar-refractivity contribution in [1.82, 2.24) is 4.90 Å². The highest BCUT2D eigenvalue weighted by Gasteiger charge is 2.37. The molecule has 1 aliphatic heterocycles. The summed E-state index contributed by atoms with van der Waals surface area (Å²) in [4.78, 5) is 25.4. The summed E-state index contributed by atoms with van der Waals surface area (Å²) in [5.74, 6) is -1.11. The second-order valence-corrected chi connectivity index (χ2v) is 7.73. The van der Waals surface area contributed by atoms with Gasteiger partial charge in [0.25, 0.3) is 5.91 Å². The monoisotopic (exact) mass is 398 g/mol. The highest BCUT2D eigenvalue weighted by atomic mass is 32.2. The molecule has 1 aliphatic rings. The molecule has 1 fully saturated rings. The zero-order valence-corrected chi connectivity index (χ0v) is 16.0. The lowest BCUT2D eigenvalue weighted by atomic mass is 10.1. The molecule has 2 rings (SSSR count). The molecule has 1 heterocycles. The second kappa shape index (κ2) is 8.59. The Balaban J connectivity index is 2.33. The number of amides is 1. The Morgan fingerprint density at radius 1 is 1.56 bits per heavy atom. The lowest BCUT2D eigenvalue weighted by Gasteiger charge is -2.27. The Hall–Kier alpha value is -1.71. The number of hydrogen-bond donors (Lipinski definition) is 1. The van der Waals surface area contributed by atoms with Crippen molar-refractivity contribution in [3.05, 3.63) is 28.7 Å². The predicted octanol–water partition coefficient (Wildman–Crippen LogP) is 1.47. The van der Waals surface area contributed by atoms with E-state index in [1.807, 2.05) is 6.26 Å². The number of phenolic OH excluding ortho intramolecular Hbond substituents is 1. The van der Waals surface area contributed by atoms with Crippen LogP contribution in [0.4, 0.5) is 0 Å². The van der Waals surface area contributed by atoms with Crippen LogP contribution in [-0.4, -0.2) is 51.4 Å². The van der Waals surface area contributed by atoms with E-state index in [4.69, 9.17) is 17.0 Å². The Labute approximate surface area is 159 Å². The molecule has 1 N–H and O–H groups in total. The number of carboxylic acids is 1. The maximum Gasteiger partial charge on any atom is 0.266 e. The number of nitrogens with zero attached hydrogens (tertiary/aromatic N) is 1. The molecule has 9 heteroatoms. The lowest BCUT2D eigenvalue weighted by molar-refractivity contribution is -0.310. The van der Waals surface area contributed by atoms with E-state index in [0.717, 1.165) is 16.7 Å². The van der Waals surface area contributed by atoms with Gasteiger partial charge in [0.15, 0.2) is 11.5 Å². The van der Waals surface area contributed by atoms with Gasteiger partial charge in [-0.25, -0.2) is 0 Å². The maximum absolute atomic E-state index is 12.6. The number of carbonyl (C=O) groups is 2. The van der Waals surface area contributed by atoms with E-state index in [1.54, 1.807) is 18.2 Å². The highest BCUT2D eigenvalue weighted by Crippen LogP contribution is 2.37. The molecule has 25 heavy (non-hydrogen) atoms. The van der Waals surface area contributed by atoms with Crippen molar-refractivity contribution in [2.75, 3.05) is 19.1 Å². The van der Waals surface area contributed by atoms with Crippen molar-refractivity contribution in [2.45, 2.75) is 12.5 Å². The smallest absolute Gasteiger partial charge is 0.266 e. The third kappa shape index (κ3) is 4.28. The topological polar surface area (TPSA) is 89.9 Å². The van der Waals surface area contributed by atoms with E-state index in [0.29, 0.717) is 11.3 Å². The third-order valence-corrected chi connectivity index (χ3v) is 5.51. The summed E-state index contributed by atoms with van der Waals surface area (Å²) >= 11 is 7.65. The van der Waals surface area contributed by atoms with Gasteiger partial charge in [0, 0.05) is 5.56 Å². The molecule has 0 bridgehead atoms. The summed E-state index contributed by atoms with van der Waals surface area (Å²) in [6.45, 7) is 0. The molecule has 6 nitrogen and oxygen atoms in total. The van der Waals surface area contributed by atoms with Crippen LogP contribution in [0.15, 0.2) is 23.1 Å². The van der Waals surface area contributed by atoms with Crippen LogP contribution in [0.3, 0.4) is 0 Å². The van der Waals surface area contributed by atoms with Gasteiger partial charge in [-0.1, -0.05) is 36.1 Å². The molecule has 1 aromatic carbocycles. The minimum absolute atomic E-state index is 0.103. The molecule has 0 aromatic heterocycles. The van der Waals surface area contributed by atoms with Crippen molar-refractivity contribution in [2.24, 2.45) is 0 Å². The van der Waals surface area contributed by atoms with E-state index < -0.39 is 17.9 Å². The van der Waals surface area contributed by atoms with Crippen LogP contribution in [-0.2, 0) is 9.59 Å². The van der Waals surface area contributed by atoms with Crippen LogP contribution in [0.5, 0.6) is 11.5 Å². The van der Waals surface area contributed by atoms with E-state index >= 15 is 0 Å². The van der Waals surface area contributed by atoms with Crippen LogP contribution in [0, 0.1) is 0 Å². The molecule has 0 unspecified atom stereocenters. The fraction of sp³-hybridized carbons (Fsp3) is 0.312. The summed E-state index contributed by atoms with van der Waals surface area (Å²) < 4.78 is 5.20. The Kier molecular flexibility index (Phi) is 6.74. The number of thioether (sulfide) groups is 2. The minimum Gasteiger partial charge on any atom is -0.548 e. The van der Waals surface area contributed by atoms with Crippen LogP contribution < -0.4 is 9.84 Å². The molecular weight excluding hydrogens is 382 g/mol. The van der Waals surface area contributed by atoms with Crippen LogP contribution in [0.25, 0.3) is 6.08 Å². The minimum atomic E-state index is -1.34. The summed E-state index contributed by atoms with van der Waals surface area (Å²) in [6.07, 6.45) is 3.56. The Bertz CT molecular complexity index is 734. The number of carbonyl (C=O) groups excluding carboxylic acids is 2. The number of phenols is 1. The lowest BCUT2D eigenvalue weighted by Crippen LogP contribution is -2.50.